The highest BCUT2D eigenvalue weighted by Crippen LogP contribution is 2.27. The molecule has 0 radical (unpaired) electrons. The molecule has 13 rings (SSSR count). The number of hydrogen-bond donors (Lipinski definition) is 6. The molecular formula is C68H65Br3Cl2F4N17O10PS2. The maximum absolute atomic E-state index is 13.2. The molecule has 0 aliphatic rings. The molecule has 0 atom stereocenters. The van der Waals surface area contributed by atoms with E-state index in [0.29, 0.717) is 79.4 Å². The molecule has 8 N–H and O–H groups in total. The number of rotatable bonds is 12. The number of carbonyl (C=O) groups is 3. The van der Waals surface area contributed by atoms with Crippen LogP contribution in [0.5, 0.6) is 0 Å². The lowest BCUT2D eigenvalue weighted by molar-refractivity contribution is -0.191. The molecule has 13 aromatic rings. The number of benzene rings is 4. The lowest BCUT2D eigenvalue weighted by atomic mass is 10.1. The number of fused-ring (bicyclic) bond motifs is 3. The van der Waals surface area contributed by atoms with Crippen LogP contribution in [-0.4, -0.2) is 125 Å². The van der Waals surface area contributed by atoms with Gasteiger partial charge in [0.2, 0.25) is 0 Å². The molecule has 562 valence electrons. The Kier molecular flexibility index (Phi) is 39.2. The Labute approximate surface area is 649 Å². The van der Waals surface area contributed by atoms with Crippen LogP contribution >= 0.6 is 81.0 Å². The van der Waals surface area contributed by atoms with Crippen LogP contribution in [0, 0.1) is 28.4 Å². The van der Waals surface area contributed by atoms with Gasteiger partial charge >= 0.3 is 12.1 Å². The highest BCUT2D eigenvalue weighted by Gasteiger charge is 2.18. The summed E-state index contributed by atoms with van der Waals surface area (Å²) in [6.45, 7) is 2.21. The molecule has 27 nitrogen and oxygen atoms in total. The first-order valence-corrected chi connectivity index (χ1v) is 36.3. The van der Waals surface area contributed by atoms with Crippen LogP contribution in [0.25, 0.3) is 49.8 Å². The van der Waals surface area contributed by atoms with Gasteiger partial charge in [-0.25, -0.2) is 63.2 Å². The molecule has 4 aromatic carbocycles. The number of nitrogens with one attached hydrogen (secondary N) is 3. The molecule has 0 aliphatic carbocycles. The van der Waals surface area contributed by atoms with Crippen LogP contribution in [0.15, 0.2) is 225 Å². The van der Waals surface area contributed by atoms with Crippen LogP contribution in [-0.2, 0) is 42.4 Å². The number of hydrogen-bond acceptors (Lipinski definition) is 22. The molecule has 0 fully saturated rings. The topological polar surface area (TPSA) is 405 Å². The molecule has 0 saturated heterocycles. The van der Waals surface area contributed by atoms with Gasteiger partial charge in [0.15, 0.2) is 36.0 Å². The van der Waals surface area contributed by atoms with Crippen LogP contribution in [0.1, 0.15) is 57.1 Å². The number of halogens is 9. The molecule has 107 heavy (non-hydrogen) atoms. The zero-order valence-electron chi connectivity index (χ0n) is 54.4. The summed E-state index contributed by atoms with van der Waals surface area (Å²) in [4.78, 5) is 73.9. The average Bonchev–Trinajstić information content (AvgIpc) is 1.67. The molecular weight excluding hydrogens is 1700 g/mol. The zero-order valence-corrected chi connectivity index (χ0v) is 63.3. The molecule has 39 heteroatoms. The van der Waals surface area contributed by atoms with Crippen molar-refractivity contribution in [3.8, 4) is 17.1 Å². The molecule has 0 saturated carbocycles. The number of nitrogens with two attached hydrogens (primary N) is 2. The summed E-state index contributed by atoms with van der Waals surface area (Å²) in [5.74, 6) is 2.37. The second-order valence-electron chi connectivity index (χ2n) is 20.2. The largest absolute Gasteiger partial charge is 0.478 e. The highest BCUT2D eigenvalue weighted by molar-refractivity contribution is 9.11. The second kappa shape index (κ2) is 45.2. The second-order valence-corrected chi connectivity index (χ2v) is 27.2. The maximum atomic E-state index is 13.2. The summed E-state index contributed by atoms with van der Waals surface area (Å²) < 4.78 is 103. The van der Waals surface area contributed by atoms with Gasteiger partial charge in [-0.3, -0.25) is 40.5 Å². The Morgan fingerprint density at radius 3 is 1.27 bits per heavy atom. The SMILES string of the molecule is C.C.CP=N.CS(=O)(=O)c1cc(CN)ccn1.CS(=O)(=O)c1cc(CNC(=O)c2cncc3c2cnn3-c2ccc(F)cc2)ccn1.Cl.Cl.Fc1ccc(-n2ncc3c(Br)cncc32)cc1.NNc1ccc(F)cc1.O=C(O)c1cncc2c1cnn2-c1ccc(F)cc1.O=C=O.O=Cc1c(Br)cncc1Br. The maximum Gasteiger partial charge on any atom is 0.373 e. The van der Waals surface area contributed by atoms with Crippen molar-refractivity contribution in [1.82, 2.24) is 64.6 Å². The van der Waals surface area contributed by atoms with Crippen molar-refractivity contribution >= 4 is 163 Å². The first-order chi connectivity index (χ1) is 49.2. The van der Waals surface area contributed by atoms with Gasteiger partial charge in [0.25, 0.3) is 5.91 Å². The van der Waals surface area contributed by atoms with E-state index < -0.39 is 25.6 Å². The molecule has 0 bridgehead atoms. The Hall–Kier alpha value is -10.4. The normalized spacial score (nSPS) is 10.1. The van der Waals surface area contributed by atoms with Gasteiger partial charge in [-0.1, -0.05) is 14.9 Å². The lowest BCUT2D eigenvalue weighted by Gasteiger charge is -2.08. The van der Waals surface area contributed by atoms with Crippen molar-refractivity contribution < 1.29 is 63.5 Å². The number of aromatic nitrogens is 12. The fraction of sp³-hybridized carbons (Fsp3) is 0.103. The first-order valence-electron chi connectivity index (χ1n) is 28.8. The van der Waals surface area contributed by atoms with Crippen LogP contribution < -0.4 is 22.3 Å². The van der Waals surface area contributed by atoms with Crippen molar-refractivity contribution in [2.24, 2.45) is 11.6 Å². The third kappa shape index (κ3) is 27.2. The monoisotopic (exact) mass is 1760 g/mol. The van der Waals surface area contributed by atoms with Gasteiger partial charge in [0.05, 0.1) is 81.9 Å². The predicted octanol–water partition coefficient (Wildman–Crippen LogP) is 14.2. The van der Waals surface area contributed by atoms with Crippen molar-refractivity contribution in [1.29, 1.82) is 5.16 Å². The van der Waals surface area contributed by atoms with E-state index in [0.717, 1.165) is 45.4 Å². The summed E-state index contributed by atoms with van der Waals surface area (Å²) in [6.07, 6.45) is 23.2. The summed E-state index contributed by atoms with van der Waals surface area (Å²) in [6, 6.07) is 29.8. The summed E-state index contributed by atoms with van der Waals surface area (Å²) >= 11 is 9.79. The van der Waals surface area contributed by atoms with Crippen LogP contribution in [0.3, 0.4) is 0 Å². The summed E-state index contributed by atoms with van der Waals surface area (Å²) in [5.41, 5.74) is 14.9. The number of nitrogen functional groups attached to an aromatic ring is 1. The highest BCUT2D eigenvalue weighted by atomic mass is 79.9. The lowest BCUT2D eigenvalue weighted by Crippen LogP contribution is -2.23. The Bertz CT molecular complexity index is 5340. The fourth-order valence-corrected chi connectivity index (χ4v) is 11.2. The number of hydrazine groups is 1. The van der Waals surface area contributed by atoms with Crippen LogP contribution in [0.4, 0.5) is 23.2 Å². The van der Waals surface area contributed by atoms with Gasteiger partial charge in [0, 0.05) is 110 Å². The Morgan fingerprint density at radius 1 is 0.561 bits per heavy atom. The smallest absolute Gasteiger partial charge is 0.373 e. The molecule has 1 amide bonds. The quantitative estimate of drug-likeness (QED) is 0.0217. The van der Waals surface area contributed by atoms with E-state index >= 15 is 0 Å². The van der Waals surface area contributed by atoms with E-state index in [1.807, 2.05) is 0 Å². The number of aromatic carboxylic acids is 1. The van der Waals surface area contributed by atoms with Crippen molar-refractivity contribution in [3.05, 3.63) is 266 Å². The van der Waals surface area contributed by atoms with E-state index in [4.69, 9.17) is 31.4 Å². The Morgan fingerprint density at radius 2 is 0.897 bits per heavy atom. The van der Waals surface area contributed by atoms with Crippen LogP contribution in [0.2, 0.25) is 0 Å². The molecule has 0 aliphatic heterocycles. The third-order valence-corrected chi connectivity index (χ3v) is 17.1. The number of carbonyl (C=O) groups excluding carboxylic acids is 4. The summed E-state index contributed by atoms with van der Waals surface area (Å²) in [5, 5.41) is 32.8. The zero-order chi connectivity index (χ0) is 75.4. The number of carboxylic acids is 1. The van der Waals surface area contributed by atoms with E-state index in [9.17, 15) is 48.8 Å². The van der Waals surface area contributed by atoms with E-state index in [1.54, 1.807) is 120 Å². The van der Waals surface area contributed by atoms with Crippen molar-refractivity contribution in [3.63, 3.8) is 0 Å². The Balaban J connectivity index is 0.000000446. The third-order valence-electron chi connectivity index (χ3n) is 13.2. The van der Waals surface area contributed by atoms with Gasteiger partial charge in [0.1, 0.15) is 23.3 Å². The minimum absolute atomic E-state index is 0. The van der Waals surface area contributed by atoms with Gasteiger partial charge in [-0.2, -0.15) is 24.9 Å². The fourth-order valence-electron chi connectivity index (χ4n) is 8.41. The number of nitrogens with zero attached hydrogens (tertiary/aromatic N) is 12. The van der Waals surface area contributed by atoms with Crippen molar-refractivity contribution in [2.45, 2.75) is 38.0 Å². The number of sulfone groups is 2. The molecule has 0 spiro atoms. The minimum Gasteiger partial charge on any atom is -0.478 e. The van der Waals surface area contributed by atoms with Gasteiger partial charge in [-0.15, -0.1) is 24.8 Å². The molecule has 9 heterocycles. The van der Waals surface area contributed by atoms with Gasteiger partial charge in [-0.05, 0) is 195 Å². The number of aldehydes is 1. The standard InChI is InChI=1S/C20H16FN5O3S.C13H8FN3O2.C12H7BrFN3.C7H10N2O2S.C6H3Br2NO.C6H7FN2.CH4NP.CO2.2CH4.2ClH/c1-30(28,29)19-8-13(6-7-23-19)9-24-20(27)17-10-22-12-18-16(17)11-25-26(18)15-4-2-14(21)3-5-15;14-8-1-3-9(4-2-8)17-12-7-15-5-11(13(18)19)10(12)6-16-17;13-11-6-15-7-12-10(11)5-16-17(12)9-3-1-8(14)2-4-9;1-12(10,11)7-4-6(5-8)2-3-9-7;7-5-1-9-2-6(8)4(5)3-10;7-5-1-3-6(9-8)4-2-5;1-3-2;2-1-3;;;;/h2-8,10-12H,9H2,1H3,(H,24,27);1-7H,(H,18,19);1-7H;2-4H,5,8H2,1H3;1-3H;1-4,9H,8H2;2H,1H3;;2*1H4;2*1H. The van der Waals surface area contributed by atoms with E-state index in [2.05, 4.69) is 104 Å². The first kappa shape index (κ1) is 92.7. The number of amides is 1. The minimum atomic E-state index is -3.44. The average molecular weight is 1760 g/mol. The molecule has 0 unspecified atom stereocenters. The summed E-state index contributed by atoms with van der Waals surface area (Å²) in [7, 11) is -5.97. The predicted molar refractivity (Wildman–Crippen MR) is 413 cm³/mol. The van der Waals surface area contributed by atoms with Gasteiger partial charge < -0.3 is 21.6 Å². The molecule has 9 aromatic heterocycles. The van der Waals surface area contributed by atoms with E-state index in [-0.39, 0.29) is 97.2 Å². The number of pyridine rings is 6. The number of carboxylic acid groups (broad SMARTS) is 1. The van der Waals surface area contributed by atoms with E-state index in [1.165, 1.54) is 103 Å². The number of anilines is 1. The van der Waals surface area contributed by atoms with Crippen molar-refractivity contribution in [2.75, 3.05) is 24.6 Å².